The maximum absolute atomic E-state index is 10.8. The Morgan fingerprint density at radius 2 is 2.38 bits per heavy atom. The number of piperidine rings is 1. The zero-order valence-corrected chi connectivity index (χ0v) is 10.9. The lowest BCUT2D eigenvalue weighted by molar-refractivity contribution is -0.119. The third kappa shape index (κ3) is 2.43. The average Bonchev–Trinajstić information content (AvgIpc) is 2.33. The molecule has 0 spiro atoms. The number of nitrogens with zero attached hydrogens (tertiary/aromatic N) is 2. The van der Waals surface area contributed by atoms with Crippen LogP contribution in [0.1, 0.15) is 30.1 Å². The van der Waals surface area contributed by atoms with Crippen LogP contribution in [0.5, 0.6) is 0 Å². The molecule has 1 unspecified atom stereocenters. The van der Waals surface area contributed by atoms with Gasteiger partial charge in [0.05, 0.1) is 5.69 Å². The second kappa shape index (κ2) is 4.95. The van der Waals surface area contributed by atoms with Crippen LogP contribution in [0.2, 0.25) is 0 Å². The number of hydrogen-bond donors (Lipinski definition) is 0. The Kier molecular flexibility index (Phi) is 3.59. The first-order valence-electron chi connectivity index (χ1n) is 5.53. The minimum Gasteiger partial charge on any atom is -0.345 e. The van der Waals surface area contributed by atoms with Gasteiger partial charge in [-0.1, -0.05) is 0 Å². The number of aromatic nitrogens is 1. The second-order valence-electron chi connectivity index (χ2n) is 4.24. The van der Waals surface area contributed by atoms with Gasteiger partial charge in [-0.05, 0) is 47.8 Å². The maximum Gasteiger partial charge on any atom is 0.209 e. The van der Waals surface area contributed by atoms with E-state index in [0.717, 1.165) is 48.2 Å². The Morgan fingerprint density at radius 1 is 1.56 bits per heavy atom. The number of amides is 1. The predicted octanol–water partition coefficient (Wildman–Crippen LogP) is 2.49. The molecule has 0 aromatic carbocycles. The zero-order chi connectivity index (χ0) is 11.5. The van der Waals surface area contributed by atoms with Crippen LogP contribution < -0.4 is 0 Å². The molecule has 1 aliphatic rings. The van der Waals surface area contributed by atoms with E-state index in [1.165, 1.54) is 0 Å². The lowest BCUT2D eigenvalue weighted by Gasteiger charge is -2.29. The van der Waals surface area contributed by atoms with Gasteiger partial charge in [0.25, 0.3) is 0 Å². The molecular formula is C12H15BrN2O. The highest BCUT2D eigenvalue weighted by Crippen LogP contribution is 2.26. The van der Waals surface area contributed by atoms with Crippen LogP contribution >= 0.6 is 15.9 Å². The average molecular weight is 283 g/mol. The second-order valence-corrected chi connectivity index (χ2v) is 5.10. The van der Waals surface area contributed by atoms with Gasteiger partial charge in [0.15, 0.2) is 0 Å². The number of hydrogen-bond acceptors (Lipinski definition) is 2. The molecule has 1 aliphatic heterocycles. The first kappa shape index (κ1) is 11.6. The molecule has 0 saturated carbocycles. The molecule has 16 heavy (non-hydrogen) atoms. The standard InChI is InChI=1S/C12H15BrN2O/c1-9-11(13)4-5-12(14-9)10-3-2-6-15(7-10)8-16/h4-5,8,10H,2-3,6-7H2,1H3. The summed E-state index contributed by atoms with van der Waals surface area (Å²) >= 11 is 3.45. The van der Waals surface area contributed by atoms with Crippen molar-refractivity contribution in [3.8, 4) is 0 Å². The molecule has 4 heteroatoms. The number of likely N-dealkylation sites (tertiary alicyclic amines) is 1. The third-order valence-electron chi connectivity index (χ3n) is 3.06. The van der Waals surface area contributed by atoms with Crippen LogP contribution in [-0.2, 0) is 4.79 Å². The van der Waals surface area contributed by atoms with E-state index in [9.17, 15) is 4.79 Å². The summed E-state index contributed by atoms with van der Waals surface area (Å²) in [5.41, 5.74) is 2.12. The SMILES string of the molecule is Cc1nc(C2CCCN(C=O)C2)ccc1Br. The molecule has 0 aliphatic carbocycles. The van der Waals surface area contributed by atoms with Gasteiger partial charge in [0, 0.05) is 29.2 Å². The molecule has 1 amide bonds. The van der Waals surface area contributed by atoms with E-state index in [2.05, 4.69) is 27.0 Å². The molecule has 1 saturated heterocycles. The van der Waals surface area contributed by atoms with E-state index in [1.807, 2.05) is 17.9 Å². The Morgan fingerprint density at radius 3 is 3.06 bits per heavy atom. The Hall–Kier alpha value is -0.900. The lowest BCUT2D eigenvalue weighted by Crippen LogP contribution is -2.33. The predicted molar refractivity (Wildman–Crippen MR) is 66.3 cm³/mol. The summed E-state index contributed by atoms with van der Waals surface area (Å²) < 4.78 is 1.04. The van der Waals surface area contributed by atoms with Crippen LogP contribution in [0.15, 0.2) is 16.6 Å². The van der Waals surface area contributed by atoms with Crippen molar-refractivity contribution in [2.75, 3.05) is 13.1 Å². The minimum atomic E-state index is 0.394. The normalized spacial score (nSPS) is 20.9. The van der Waals surface area contributed by atoms with E-state index in [4.69, 9.17) is 0 Å². The molecule has 2 heterocycles. The van der Waals surface area contributed by atoms with E-state index in [-0.39, 0.29) is 0 Å². The molecule has 1 fully saturated rings. The van der Waals surface area contributed by atoms with Crippen LogP contribution in [0.25, 0.3) is 0 Å². The number of aryl methyl sites for hydroxylation is 1. The van der Waals surface area contributed by atoms with Gasteiger partial charge >= 0.3 is 0 Å². The van der Waals surface area contributed by atoms with Crippen LogP contribution in [-0.4, -0.2) is 29.4 Å². The van der Waals surface area contributed by atoms with Crippen molar-refractivity contribution in [2.24, 2.45) is 0 Å². The molecule has 1 aromatic rings. The third-order valence-corrected chi connectivity index (χ3v) is 3.90. The Labute approximate surface area is 104 Å². The number of carbonyl (C=O) groups is 1. The summed E-state index contributed by atoms with van der Waals surface area (Å²) in [5.74, 6) is 0.394. The first-order valence-corrected chi connectivity index (χ1v) is 6.32. The number of carbonyl (C=O) groups excluding carboxylic acids is 1. The molecule has 0 bridgehead atoms. The number of rotatable bonds is 2. The highest BCUT2D eigenvalue weighted by atomic mass is 79.9. The summed E-state index contributed by atoms with van der Waals surface area (Å²) in [6.07, 6.45) is 3.14. The number of halogens is 1. The molecule has 2 rings (SSSR count). The van der Waals surface area contributed by atoms with Crippen LogP contribution in [0.3, 0.4) is 0 Å². The molecular weight excluding hydrogens is 268 g/mol. The van der Waals surface area contributed by atoms with Crippen LogP contribution in [0, 0.1) is 6.92 Å². The fourth-order valence-electron chi connectivity index (χ4n) is 2.13. The fourth-order valence-corrected chi connectivity index (χ4v) is 2.36. The Bertz CT molecular complexity index is 395. The molecule has 86 valence electrons. The lowest BCUT2D eigenvalue weighted by atomic mass is 9.94. The molecule has 0 N–H and O–H groups in total. The highest BCUT2D eigenvalue weighted by Gasteiger charge is 2.21. The van der Waals surface area contributed by atoms with E-state index in [0.29, 0.717) is 5.92 Å². The minimum absolute atomic E-state index is 0.394. The summed E-state index contributed by atoms with van der Waals surface area (Å²) in [6, 6.07) is 4.09. The summed E-state index contributed by atoms with van der Waals surface area (Å²) in [6.45, 7) is 3.68. The summed E-state index contributed by atoms with van der Waals surface area (Å²) in [5, 5.41) is 0. The molecule has 0 radical (unpaired) electrons. The van der Waals surface area contributed by atoms with Crippen molar-refractivity contribution in [2.45, 2.75) is 25.7 Å². The monoisotopic (exact) mass is 282 g/mol. The van der Waals surface area contributed by atoms with Gasteiger partial charge in [-0.2, -0.15) is 0 Å². The van der Waals surface area contributed by atoms with Gasteiger partial charge in [-0.15, -0.1) is 0 Å². The quantitative estimate of drug-likeness (QED) is 0.781. The smallest absolute Gasteiger partial charge is 0.209 e. The van der Waals surface area contributed by atoms with Crippen molar-refractivity contribution in [1.29, 1.82) is 0 Å². The first-order chi connectivity index (χ1) is 7.70. The van der Waals surface area contributed by atoms with Crippen molar-refractivity contribution in [1.82, 2.24) is 9.88 Å². The van der Waals surface area contributed by atoms with Crippen molar-refractivity contribution < 1.29 is 4.79 Å². The summed E-state index contributed by atoms with van der Waals surface area (Å²) in [7, 11) is 0. The van der Waals surface area contributed by atoms with Gasteiger partial charge in [-0.3, -0.25) is 9.78 Å². The van der Waals surface area contributed by atoms with Crippen molar-refractivity contribution in [3.05, 3.63) is 28.0 Å². The molecule has 1 atom stereocenters. The number of pyridine rings is 1. The topological polar surface area (TPSA) is 33.2 Å². The Balaban J connectivity index is 2.16. The fraction of sp³-hybridized carbons (Fsp3) is 0.500. The van der Waals surface area contributed by atoms with Crippen molar-refractivity contribution >= 4 is 22.3 Å². The highest BCUT2D eigenvalue weighted by molar-refractivity contribution is 9.10. The van der Waals surface area contributed by atoms with E-state index >= 15 is 0 Å². The van der Waals surface area contributed by atoms with E-state index < -0.39 is 0 Å². The van der Waals surface area contributed by atoms with Gasteiger partial charge in [0.2, 0.25) is 6.41 Å². The van der Waals surface area contributed by atoms with Gasteiger partial charge in [0.1, 0.15) is 0 Å². The van der Waals surface area contributed by atoms with E-state index in [1.54, 1.807) is 0 Å². The molecule has 3 nitrogen and oxygen atoms in total. The summed E-state index contributed by atoms with van der Waals surface area (Å²) in [4.78, 5) is 17.2. The van der Waals surface area contributed by atoms with Gasteiger partial charge < -0.3 is 4.90 Å². The molecule has 1 aromatic heterocycles. The largest absolute Gasteiger partial charge is 0.345 e. The van der Waals surface area contributed by atoms with Crippen LogP contribution in [0.4, 0.5) is 0 Å². The van der Waals surface area contributed by atoms with Crippen molar-refractivity contribution in [3.63, 3.8) is 0 Å². The van der Waals surface area contributed by atoms with Gasteiger partial charge in [-0.25, -0.2) is 0 Å². The zero-order valence-electron chi connectivity index (χ0n) is 9.32. The maximum atomic E-state index is 10.8.